The van der Waals surface area contributed by atoms with E-state index >= 15 is 0 Å². The summed E-state index contributed by atoms with van der Waals surface area (Å²) < 4.78 is 54.6. The Kier molecular flexibility index (Phi) is 7.05. The van der Waals surface area contributed by atoms with Crippen LogP contribution in [0.1, 0.15) is 25.4 Å². The van der Waals surface area contributed by atoms with Gasteiger partial charge in [-0.05, 0) is 34.9 Å². The van der Waals surface area contributed by atoms with Crippen LogP contribution in [0, 0.1) is 9.49 Å². The molecule has 0 atom stereocenters. The Balaban J connectivity index is 2.74. The number of halogens is 6. The third-order valence-corrected chi connectivity index (χ3v) is 4.10. The average molecular weight is 441 g/mol. The number of rotatable bonds is 7. The van der Waals surface area contributed by atoms with E-state index in [1.165, 1.54) is 0 Å². The van der Waals surface area contributed by atoms with Crippen molar-refractivity contribution in [2.45, 2.75) is 39.2 Å². The zero-order valence-corrected chi connectivity index (χ0v) is 14.3. The topological polar surface area (TPSA) is 35.0 Å². The highest BCUT2D eigenvalue weighted by atomic mass is 127. The lowest BCUT2D eigenvalue weighted by molar-refractivity contribution is -0.168. The number of aromatic nitrogens is 2. The van der Waals surface area contributed by atoms with Gasteiger partial charge < -0.3 is 4.74 Å². The van der Waals surface area contributed by atoms with Crippen LogP contribution in [0.25, 0.3) is 0 Å². The molecule has 0 bridgehead atoms. The average Bonchev–Trinajstić information content (AvgIpc) is 2.34. The number of alkyl halides is 4. The maximum Gasteiger partial charge on any atom is 0.330 e. The molecule has 0 radical (unpaired) electrons. The summed E-state index contributed by atoms with van der Waals surface area (Å²) in [6.07, 6.45) is -3.13. The number of hydrogen-bond acceptors (Lipinski definition) is 3. The fourth-order valence-corrected chi connectivity index (χ4v) is 2.11. The third kappa shape index (κ3) is 5.82. The first-order valence-corrected chi connectivity index (χ1v) is 7.53. The summed E-state index contributed by atoms with van der Waals surface area (Å²) in [7, 11) is 0. The van der Waals surface area contributed by atoms with Crippen LogP contribution in [0.4, 0.5) is 17.6 Å². The maximum absolute atomic E-state index is 12.7. The summed E-state index contributed by atoms with van der Waals surface area (Å²) >= 11 is 7.94. The van der Waals surface area contributed by atoms with Gasteiger partial charge in [0.1, 0.15) is 18.4 Å². The molecule has 0 aliphatic heterocycles. The third-order valence-electron chi connectivity index (χ3n) is 2.37. The minimum absolute atomic E-state index is 0.0983. The van der Waals surface area contributed by atoms with Gasteiger partial charge in [-0.25, -0.2) is 18.7 Å². The molecule has 0 fully saturated rings. The van der Waals surface area contributed by atoms with Crippen molar-refractivity contribution < 1.29 is 22.3 Å². The van der Waals surface area contributed by atoms with Crippen molar-refractivity contribution in [3.8, 4) is 0 Å². The second-order valence-corrected chi connectivity index (χ2v) is 6.28. The van der Waals surface area contributed by atoms with E-state index in [2.05, 4.69) is 14.7 Å². The van der Waals surface area contributed by atoms with Crippen LogP contribution in [-0.2, 0) is 17.8 Å². The second kappa shape index (κ2) is 7.87. The molecule has 0 unspecified atom stereocenters. The Morgan fingerprint density at radius 1 is 1.29 bits per heavy atom. The van der Waals surface area contributed by atoms with Crippen molar-refractivity contribution in [1.82, 2.24) is 9.97 Å². The van der Waals surface area contributed by atoms with Crippen molar-refractivity contribution in [1.29, 1.82) is 0 Å². The Hall–Kier alpha value is -0.220. The Bertz CT molecular complexity index is 489. The largest absolute Gasteiger partial charge is 0.367 e. The quantitative estimate of drug-likeness (QED) is 0.359. The summed E-state index contributed by atoms with van der Waals surface area (Å²) in [6, 6.07) is 0. The fourth-order valence-electron chi connectivity index (χ4n) is 1.44. The van der Waals surface area contributed by atoms with Crippen LogP contribution < -0.4 is 0 Å². The van der Waals surface area contributed by atoms with Crippen molar-refractivity contribution in [3.63, 3.8) is 0 Å². The predicted octanol–water partition coefficient (Wildman–Crippen LogP) is 4.35. The minimum atomic E-state index is -4.19. The molecule has 1 rings (SSSR count). The lowest BCUT2D eigenvalue weighted by Crippen LogP contribution is -2.32. The molecule has 0 saturated carbocycles. The van der Waals surface area contributed by atoms with E-state index in [0.717, 1.165) is 0 Å². The van der Waals surface area contributed by atoms with Gasteiger partial charge in [0.2, 0.25) is 0 Å². The van der Waals surface area contributed by atoms with Gasteiger partial charge in [0.15, 0.2) is 5.82 Å². The van der Waals surface area contributed by atoms with E-state index in [1.54, 1.807) is 0 Å². The van der Waals surface area contributed by atoms with E-state index in [9.17, 15) is 17.6 Å². The summed E-state index contributed by atoms with van der Waals surface area (Å²) in [5.41, 5.74) is 0.685. The number of ether oxygens (including phenoxy) is 1. The molecular weight excluding hydrogens is 426 g/mol. The molecule has 21 heavy (non-hydrogen) atoms. The lowest BCUT2D eigenvalue weighted by atomic mass is 10.1. The lowest BCUT2D eigenvalue weighted by Gasteiger charge is -2.15. The van der Waals surface area contributed by atoms with E-state index < -0.39 is 25.6 Å². The molecule has 120 valence electrons. The Labute approximate surface area is 138 Å². The van der Waals surface area contributed by atoms with E-state index in [-0.39, 0.29) is 11.0 Å². The van der Waals surface area contributed by atoms with Crippen LogP contribution >= 0.6 is 34.2 Å². The zero-order chi connectivity index (χ0) is 16.2. The fraction of sp³-hybridized carbons (Fsp3) is 0.667. The first kappa shape index (κ1) is 18.8. The molecule has 0 N–H and O–H groups in total. The van der Waals surface area contributed by atoms with Crippen LogP contribution in [0.5, 0.6) is 0 Å². The molecular formula is C12H14ClF4IN2O. The van der Waals surface area contributed by atoms with Gasteiger partial charge in [-0.2, -0.15) is 8.78 Å². The second-order valence-electron chi connectivity index (χ2n) is 4.84. The van der Waals surface area contributed by atoms with Gasteiger partial charge in [-0.1, -0.05) is 25.4 Å². The molecule has 3 nitrogen and oxygen atoms in total. The standard InChI is InChI=1S/C12H14ClF4IN2O/c1-6(2)3-7-9(18)10(13)20-8(19-7)4-21-5-12(16,17)11(14)15/h6,11H,3-5H2,1-2H3. The van der Waals surface area contributed by atoms with Crippen molar-refractivity contribution >= 4 is 34.2 Å². The van der Waals surface area contributed by atoms with Gasteiger partial charge in [-0.3, -0.25) is 0 Å². The molecule has 9 heteroatoms. The van der Waals surface area contributed by atoms with E-state index in [0.29, 0.717) is 21.6 Å². The normalized spacial score (nSPS) is 12.5. The Morgan fingerprint density at radius 3 is 2.43 bits per heavy atom. The van der Waals surface area contributed by atoms with Gasteiger partial charge in [0.25, 0.3) is 0 Å². The van der Waals surface area contributed by atoms with Gasteiger partial charge in [0, 0.05) is 0 Å². The highest BCUT2D eigenvalue weighted by Gasteiger charge is 2.41. The van der Waals surface area contributed by atoms with Crippen molar-refractivity contribution in [2.75, 3.05) is 6.61 Å². The predicted molar refractivity (Wildman–Crippen MR) is 78.9 cm³/mol. The van der Waals surface area contributed by atoms with Crippen LogP contribution in [0.2, 0.25) is 5.15 Å². The molecule has 0 aliphatic carbocycles. The summed E-state index contributed by atoms with van der Waals surface area (Å²) in [5, 5.41) is 0.195. The summed E-state index contributed by atoms with van der Waals surface area (Å²) in [5.74, 6) is -3.77. The monoisotopic (exact) mass is 440 g/mol. The molecule has 0 saturated heterocycles. The Morgan fingerprint density at radius 2 is 1.90 bits per heavy atom. The molecule has 0 aromatic carbocycles. The van der Waals surface area contributed by atoms with E-state index in [1.807, 2.05) is 36.4 Å². The molecule has 1 heterocycles. The number of hydrogen-bond donors (Lipinski definition) is 0. The van der Waals surface area contributed by atoms with Gasteiger partial charge in [-0.15, -0.1) is 0 Å². The summed E-state index contributed by atoms with van der Waals surface area (Å²) in [6.45, 7) is 2.19. The maximum atomic E-state index is 12.7. The smallest absolute Gasteiger partial charge is 0.330 e. The van der Waals surface area contributed by atoms with Crippen LogP contribution in [0.15, 0.2) is 0 Å². The van der Waals surface area contributed by atoms with Crippen LogP contribution in [0.3, 0.4) is 0 Å². The summed E-state index contributed by atoms with van der Waals surface area (Å²) in [4.78, 5) is 8.07. The van der Waals surface area contributed by atoms with Gasteiger partial charge in [0.05, 0.1) is 9.26 Å². The molecule has 1 aromatic rings. The highest BCUT2D eigenvalue weighted by molar-refractivity contribution is 14.1. The zero-order valence-electron chi connectivity index (χ0n) is 11.3. The molecule has 1 aromatic heterocycles. The van der Waals surface area contributed by atoms with Gasteiger partial charge >= 0.3 is 12.3 Å². The molecule has 0 spiro atoms. The number of nitrogens with zero attached hydrogens (tertiary/aromatic N) is 2. The molecule has 0 aliphatic rings. The van der Waals surface area contributed by atoms with Crippen LogP contribution in [-0.4, -0.2) is 28.9 Å². The first-order valence-electron chi connectivity index (χ1n) is 6.08. The minimum Gasteiger partial charge on any atom is -0.367 e. The highest BCUT2D eigenvalue weighted by Crippen LogP contribution is 2.24. The SMILES string of the molecule is CC(C)Cc1nc(COCC(F)(F)C(F)F)nc(Cl)c1I. The van der Waals surface area contributed by atoms with Crippen molar-refractivity contribution in [3.05, 3.63) is 20.2 Å². The van der Waals surface area contributed by atoms with Crippen molar-refractivity contribution in [2.24, 2.45) is 5.92 Å². The molecule has 0 amide bonds. The van der Waals surface area contributed by atoms with E-state index in [4.69, 9.17) is 11.6 Å². The first-order chi connectivity index (χ1) is 9.63.